The molecule has 0 aliphatic heterocycles. The summed E-state index contributed by atoms with van der Waals surface area (Å²) in [5.74, 6) is 0.822. The molecule has 1 saturated carbocycles. The first kappa shape index (κ1) is 14.1. The van der Waals surface area contributed by atoms with Crippen molar-refractivity contribution in [3.8, 4) is 5.75 Å². The van der Waals surface area contributed by atoms with Gasteiger partial charge in [0.15, 0.2) is 5.78 Å². The van der Waals surface area contributed by atoms with Crippen LogP contribution in [0.1, 0.15) is 47.7 Å². The van der Waals surface area contributed by atoms with E-state index in [1.54, 1.807) is 7.11 Å². The number of hydrogen-bond donors (Lipinski definition) is 1. The monoisotopic (exact) mass is 261 g/mol. The van der Waals surface area contributed by atoms with Crippen molar-refractivity contribution in [3.05, 3.63) is 28.8 Å². The van der Waals surface area contributed by atoms with Gasteiger partial charge < -0.3 is 10.5 Å². The number of aryl methyl sites for hydroxylation is 1. The van der Waals surface area contributed by atoms with Crippen LogP contribution in [0.4, 0.5) is 0 Å². The molecule has 0 radical (unpaired) electrons. The third kappa shape index (κ3) is 2.16. The number of rotatable bonds is 3. The number of carbonyl (C=O) groups is 1. The molecule has 1 fully saturated rings. The molecule has 0 bridgehead atoms. The number of ether oxygens (including phenoxy) is 1. The first-order valence-electron chi connectivity index (χ1n) is 6.86. The van der Waals surface area contributed by atoms with E-state index in [0.717, 1.165) is 30.4 Å². The van der Waals surface area contributed by atoms with Gasteiger partial charge in [0.05, 0.1) is 12.7 Å². The Hall–Kier alpha value is -1.35. The number of ketones is 1. The van der Waals surface area contributed by atoms with Crippen LogP contribution in [0.3, 0.4) is 0 Å². The van der Waals surface area contributed by atoms with Crippen molar-refractivity contribution in [2.75, 3.05) is 7.11 Å². The van der Waals surface area contributed by atoms with E-state index in [-0.39, 0.29) is 11.8 Å². The molecule has 0 saturated heterocycles. The Balaban J connectivity index is 2.48. The number of nitrogens with two attached hydrogens (primary N) is 1. The molecule has 19 heavy (non-hydrogen) atoms. The van der Waals surface area contributed by atoms with Crippen LogP contribution in [-0.2, 0) is 0 Å². The van der Waals surface area contributed by atoms with Crippen molar-refractivity contribution >= 4 is 5.78 Å². The summed E-state index contributed by atoms with van der Waals surface area (Å²) in [7, 11) is 1.62. The van der Waals surface area contributed by atoms with Crippen LogP contribution >= 0.6 is 0 Å². The Bertz CT molecular complexity index is 510. The molecular weight excluding hydrogens is 238 g/mol. The van der Waals surface area contributed by atoms with Crippen LogP contribution in [0.5, 0.6) is 5.75 Å². The average molecular weight is 261 g/mol. The third-order valence-electron chi connectivity index (χ3n) is 4.67. The highest BCUT2D eigenvalue weighted by Crippen LogP contribution is 2.41. The van der Waals surface area contributed by atoms with Gasteiger partial charge >= 0.3 is 0 Å². The normalized spacial score (nSPS) is 26.5. The predicted octanol–water partition coefficient (Wildman–Crippen LogP) is 3.01. The summed E-state index contributed by atoms with van der Waals surface area (Å²) in [4.78, 5) is 12.9. The number of Topliss-reactive ketones (excluding diaryl/α,β-unsaturated/α-hetero) is 1. The highest BCUT2D eigenvalue weighted by molar-refractivity contribution is 6.03. The Labute approximate surface area is 115 Å². The molecule has 2 N–H and O–H groups in total. The lowest BCUT2D eigenvalue weighted by atomic mass is 9.77. The van der Waals surface area contributed by atoms with Crippen LogP contribution in [0.25, 0.3) is 0 Å². The molecule has 104 valence electrons. The fourth-order valence-corrected chi connectivity index (χ4v) is 3.01. The second-order valence-corrected chi connectivity index (χ2v) is 5.83. The zero-order valence-electron chi connectivity index (χ0n) is 12.2. The van der Waals surface area contributed by atoms with Gasteiger partial charge in [-0.25, -0.2) is 0 Å². The molecule has 0 spiro atoms. The number of hydrogen-bond acceptors (Lipinski definition) is 3. The van der Waals surface area contributed by atoms with Crippen LogP contribution < -0.4 is 10.5 Å². The molecular formula is C16H23NO2. The largest absolute Gasteiger partial charge is 0.496 e. The molecule has 0 heterocycles. The molecule has 1 aromatic rings. The fraction of sp³-hybridized carbons (Fsp3) is 0.562. The van der Waals surface area contributed by atoms with Gasteiger partial charge in [-0.2, -0.15) is 0 Å². The van der Waals surface area contributed by atoms with Gasteiger partial charge in [0.1, 0.15) is 5.75 Å². The molecule has 0 amide bonds. The van der Waals surface area contributed by atoms with E-state index in [9.17, 15) is 4.79 Å². The molecule has 1 aliphatic carbocycles. The van der Waals surface area contributed by atoms with Gasteiger partial charge in [-0.15, -0.1) is 0 Å². The van der Waals surface area contributed by atoms with Crippen molar-refractivity contribution in [1.29, 1.82) is 0 Å². The maximum Gasteiger partial charge on any atom is 0.174 e. The summed E-state index contributed by atoms with van der Waals surface area (Å²) >= 11 is 0. The standard InChI is InChI=1S/C16H23NO2/c1-10-7-8-12(14(19-4)11(10)2)15(18)16(3)9-5-6-13(16)17/h7-8,13H,5-6,9,17H2,1-4H3. The van der Waals surface area contributed by atoms with E-state index in [1.165, 1.54) is 0 Å². The fourth-order valence-electron chi connectivity index (χ4n) is 3.01. The minimum atomic E-state index is -0.449. The molecule has 3 heteroatoms. The van der Waals surface area contributed by atoms with Gasteiger partial charge in [-0.1, -0.05) is 19.4 Å². The second kappa shape index (κ2) is 4.97. The van der Waals surface area contributed by atoms with Gasteiger partial charge in [0.25, 0.3) is 0 Å². The number of benzene rings is 1. The van der Waals surface area contributed by atoms with E-state index in [2.05, 4.69) is 0 Å². The predicted molar refractivity (Wildman–Crippen MR) is 76.7 cm³/mol. The van der Waals surface area contributed by atoms with Gasteiger partial charge in [-0.3, -0.25) is 4.79 Å². The Kier molecular flexibility index (Phi) is 3.68. The summed E-state index contributed by atoms with van der Waals surface area (Å²) in [5, 5.41) is 0. The molecule has 1 aromatic carbocycles. The highest BCUT2D eigenvalue weighted by Gasteiger charge is 2.44. The van der Waals surface area contributed by atoms with E-state index in [0.29, 0.717) is 11.3 Å². The van der Waals surface area contributed by atoms with Crippen molar-refractivity contribution in [1.82, 2.24) is 0 Å². The van der Waals surface area contributed by atoms with Gasteiger partial charge in [0.2, 0.25) is 0 Å². The lowest BCUT2D eigenvalue weighted by Gasteiger charge is -2.28. The van der Waals surface area contributed by atoms with Crippen LogP contribution in [0, 0.1) is 19.3 Å². The summed E-state index contributed by atoms with van der Waals surface area (Å²) in [6.07, 6.45) is 2.81. The molecule has 2 unspecified atom stereocenters. The van der Waals surface area contributed by atoms with E-state index in [1.807, 2.05) is 32.9 Å². The average Bonchev–Trinajstić information content (AvgIpc) is 2.73. The van der Waals surface area contributed by atoms with Crippen molar-refractivity contribution in [3.63, 3.8) is 0 Å². The van der Waals surface area contributed by atoms with Gasteiger partial charge in [0, 0.05) is 11.5 Å². The zero-order chi connectivity index (χ0) is 14.2. The lowest BCUT2D eigenvalue weighted by molar-refractivity contribution is 0.0799. The smallest absolute Gasteiger partial charge is 0.174 e. The maximum absolute atomic E-state index is 12.9. The summed E-state index contributed by atoms with van der Waals surface area (Å²) in [5.41, 5.74) is 8.54. The summed E-state index contributed by atoms with van der Waals surface area (Å²) in [6, 6.07) is 3.81. The highest BCUT2D eigenvalue weighted by atomic mass is 16.5. The van der Waals surface area contributed by atoms with E-state index < -0.39 is 5.41 Å². The third-order valence-corrected chi connectivity index (χ3v) is 4.67. The first-order chi connectivity index (χ1) is 8.91. The Morgan fingerprint density at radius 3 is 2.63 bits per heavy atom. The SMILES string of the molecule is COc1c(C(=O)C2(C)CCCC2N)ccc(C)c1C. The second-order valence-electron chi connectivity index (χ2n) is 5.83. The van der Waals surface area contributed by atoms with E-state index in [4.69, 9.17) is 10.5 Å². The molecule has 0 aromatic heterocycles. The van der Waals surface area contributed by atoms with Crippen molar-refractivity contribution in [2.24, 2.45) is 11.1 Å². The summed E-state index contributed by atoms with van der Waals surface area (Å²) in [6.45, 7) is 6.00. The van der Waals surface area contributed by atoms with Crippen LogP contribution in [-0.4, -0.2) is 18.9 Å². The minimum absolute atomic E-state index is 0.0497. The molecule has 2 rings (SSSR count). The van der Waals surface area contributed by atoms with Gasteiger partial charge in [-0.05, 0) is 43.9 Å². The topological polar surface area (TPSA) is 52.3 Å². The maximum atomic E-state index is 12.9. The molecule has 3 nitrogen and oxygen atoms in total. The van der Waals surface area contributed by atoms with Crippen molar-refractivity contribution in [2.45, 2.75) is 46.1 Å². The summed E-state index contributed by atoms with van der Waals surface area (Å²) < 4.78 is 5.46. The quantitative estimate of drug-likeness (QED) is 0.851. The Morgan fingerprint density at radius 1 is 1.42 bits per heavy atom. The van der Waals surface area contributed by atoms with Crippen LogP contribution in [0.2, 0.25) is 0 Å². The number of carbonyl (C=O) groups excluding carboxylic acids is 1. The van der Waals surface area contributed by atoms with Crippen molar-refractivity contribution < 1.29 is 9.53 Å². The molecule has 2 atom stereocenters. The zero-order valence-corrected chi connectivity index (χ0v) is 12.2. The van der Waals surface area contributed by atoms with Crippen LogP contribution in [0.15, 0.2) is 12.1 Å². The van der Waals surface area contributed by atoms with E-state index >= 15 is 0 Å². The minimum Gasteiger partial charge on any atom is -0.496 e. The number of methoxy groups -OCH3 is 1. The Morgan fingerprint density at radius 2 is 2.11 bits per heavy atom. The lowest BCUT2D eigenvalue weighted by Crippen LogP contribution is -2.41. The first-order valence-corrected chi connectivity index (χ1v) is 6.86. The molecule has 1 aliphatic rings.